The van der Waals surface area contributed by atoms with Crippen molar-refractivity contribution < 1.29 is 14.3 Å². The third-order valence-electron chi connectivity index (χ3n) is 4.43. The van der Waals surface area contributed by atoms with E-state index in [-0.39, 0.29) is 12.0 Å². The standard InChI is InChI=1S/C18H18ClN3O3/c1-11-15-8-16(23)22(9-14-10-24-5-6-25-14)18(15)21-17(20-11)12-3-2-4-13(19)7-12/h2-4,7,14H,5-6,8-10H2,1H3/t14-/m0/s1. The van der Waals surface area contributed by atoms with Gasteiger partial charge in [0.15, 0.2) is 5.82 Å². The molecule has 0 radical (unpaired) electrons. The number of amides is 1. The molecule has 0 unspecified atom stereocenters. The van der Waals surface area contributed by atoms with E-state index >= 15 is 0 Å². The normalized spacial score (nSPS) is 20.0. The van der Waals surface area contributed by atoms with Gasteiger partial charge in [-0.2, -0.15) is 0 Å². The first-order valence-electron chi connectivity index (χ1n) is 8.25. The zero-order valence-electron chi connectivity index (χ0n) is 13.9. The molecule has 0 aliphatic carbocycles. The number of rotatable bonds is 3. The van der Waals surface area contributed by atoms with Gasteiger partial charge in [-0.15, -0.1) is 0 Å². The SMILES string of the molecule is Cc1nc(-c2cccc(Cl)c2)nc2c1CC(=O)N2C[C@H]1COCCO1. The number of aromatic nitrogens is 2. The molecule has 130 valence electrons. The van der Waals surface area contributed by atoms with Crippen LogP contribution in [0.3, 0.4) is 0 Å². The van der Waals surface area contributed by atoms with Gasteiger partial charge < -0.3 is 9.47 Å². The van der Waals surface area contributed by atoms with Crippen LogP contribution in [-0.4, -0.2) is 48.3 Å². The molecule has 0 spiro atoms. The predicted molar refractivity (Wildman–Crippen MR) is 93.8 cm³/mol. The second kappa shape index (κ2) is 6.71. The molecule has 0 N–H and O–H groups in total. The first-order valence-corrected chi connectivity index (χ1v) is 8.63. The van der Waals surface area contributed by atoms with Gasteiger partial charge in [-0.1, -0.05) is 23.7 Å². The second-order valence-corrected chi connectivity index (χ2v) is 6.63. The average Bonchev–Trinajstić information content (AvgIpc) is 2.92. The molecule has 2 aromatic rings. The molecule has 1 fully saturated rings. The predicted octanol–water partition coefficient (Wildman–Crippen LogP) is 2.41. The van der Waals surface area contributed by atoms with Gasteiger partial charge in [-0.25, -0.2) is 9.97 Å². The molecule has 1 saturated heterocycles. The van der Waals surface area contributed by atoms with Gasteiger partial charge in [-0.05, 0) is 19.1 Å². The van der Waals surface area contributed by atoms with Gasteiger partial charge in [0.25, 0.3) is 0 Å². The van der Waals surface area contributed by atoms with Gasteiger partial charge in [0, 0.05) is 21.8 Å². The molecule has 25 heavy (non-hydrogen) atoms. The van der Waals surface area contributed by atoms with E-state index in [0.717, 1.165) is 16.8 Å². The summed E-state index contributed by atoms with van der Waals surface area (Å²) >= 11 is 6.08. The van der Waals surface area contributed by atoms with Crippen LogP contribution in [0.1, 0.15) is 11.3 Å². The molecule has 1 amide bonds. The molecular weight excluding hydrogens is 342 g/mol. The Labute approximate surface area is 150 Å². The van der Waals surface area contributed by atoms with Crippen molar-refractivity contribution in [1.29, 1.82) is 0 Å². The van der Waals surface area contributed by atoms with Crippen LogP contribution in [0.4, 0.5) is 5.82 Å². The van der Waals surface area contributed by atoms with E-state index in [9.17, 15) is 4.79 Å². The first kappa shape index (κ1) is 16.4. The fraction of sp³-hybridized carbons (Fsp3) is 0.389. The van der Waals surface area contributed by atoms with Crippen molar-refractivity contribution >= 4 is 23.3 Å². The highest BCUT2D eigenvalue weighted by molar-refractivity contribution is 6.30. The Hall–Kier alpha value is -2.02. The number of carbonyl (C=O) groups excluding carboxylic acids is 1. The summed E-state index contributed by atoms with van der Waals surface area (Å²) in [7, 11) is 0. The van der Waals surface area contributed by atoms with E-state index in [0.29, 0.717) is 49.5 Å². The minimum absolute atomic E-state index is 0.0183. The van der Waals surface area contributed by atoms with Crippen LogP contribution in [0.2, 0.25) is 5.02 Å². The van der Waals surface area contributed by atoms with E-state index in [1.54, 1.807) is 4.90 Å². The van der Waals surface area contributed by atoms with Crippen LogP contribution < -0.4 is 4.90 Å². The van der Waals surface area contributed by atoms with Crippen LogP contribution in [0.5, 0.6) is 0 Å². The minimum atomic E-state index is -0.131. The highest BCUT2D eigenvalue weighted by Crippen LogP contribution is 2.32. The number of aryl methyl sites for hydroxylation is 1. The van der Waals surface area contributed by atoms with E-state index in [1.165, 1.54) is 0 Å². The monoisotopic (exact) mass is 359 g/mol. The number of halogens is 1. The topological polar surface area (TPSA) is 64.6 Å². The Kier molecular flexibility index (Phi) is 4.41. The number of fused-ring (bicyclic) bond motifs is 1. The Balaban J connectivity index is 1.69. The Morgan fingerprint density at radius 1 is 1.32 bits per heavy atom. The van der Waals surface area contributed by atoms with Crippen molar-refractivity contribution in [3.8, 4) is 11.4 Å². The van der Waals surface area contributed by atoms with Crippen LogP contribution >= 0.6 is 11.6 Å². The lowest BCUT2D eigenvalue weighted by Gasteiger charge is -2.27. The number of benzene rings is 1. The zero-order chi connectivity index (χ0) is 17.4. The number of ether oxygens (including phenoxy) is 2. The van der Waals surface area contributed by atoms with E-state index < -0.39 is 0 Å². The van der Waals surface area contributed by atoms with Crippen LogP contribution in [-0.2, 0) is 20.7 Å². The maximum atomic E-state index is 12.5. The summed E-state index contributed by atoms with van der Waals surface area (Å²) in [6, 6.07) is 7.40. The zero-order valence-corrected chi connectivity index (χ0v) is 14.6. The molecule has 1 aromatic heterocycles. The lowest BCUT2D eigenvalue weighted by Crippen LogP contribution is -2.41. The summed E-state index contributed by atoms with van der Waals surface area (Å²) in [4.78, 5) is 23.4. The smallest absolute Gasteiger partial charge is 0.232 e. The van der Waals surface area contributed by atoms with Crippen molar-refractivity contribution in [2.75, 3.05) is 31.3 Å². The molecule has 4 rings (SSSR count). The second-order valence-electron chi connectivity index (χ2n) is 6.19. The molecule has 2 aliphatic heterocycles. The lowest BCUT2D eigenvalue weighted by atomic mass is 10.1. The molecule has 0 saturated carbocycles. The fourth-order valence-electron chi connectivity index (χ4n) is 3.17. The lowest BCUT2D eigenvalue weighted by molar-refractivity contribution is -0.119. The average molecular weight is 360 g/mol. The minimum Gasteiger partial charge on any atom is -0.376 e. The van der Waals surface area contributed by atoms with Gasteiger partial charge >= 0.3 is 0 Å². The number of nitrogens with zero attached hydrogens (tertiary/aromatic N) is 3. The molecule has 1 atom stereocenters. The highest BCUT2D eigenvalue weighted by Gasteiger charge is 2.33. The molecule has 2 aliphatic rings. The molecule has 6 nitrogen and oxygen atoms in total. The van der Waals surface area contributed by atoms with Gasteiger partial charge in [0.1, 0.15) is 5.82 Å². The highest BCUT2D eigenvalue weighted by atomic mass is 35.5. The Morgan fingerprint density at radius 3 is 2.96 bits per heavy atom. The van der Waals surface area contributed by atoms with Crippen molar-refractivity contribution in [2.45, 2.75) is 19.4 Å². The van der Waals surface area contributed by atoms with Crippen molar-refractivity contribution in [3.63, 3.8) is 0 Å². The van der Waals surface area contributed by atoms with E-state index in [1.807, 2.05) is 31.2 Å². The number of anilines is 1. The summed E-state index contributed by atoms with van der Waals surface area (Å²) < 4.78 is 11.1. The van der Waals surface area contributed by atoms with E-state index in [2.05, 4.69) is 9.97 Å². The van der Waals surface area contributed by atoms with Gasteiger partial charge in [0.2, 0.25) is 5.91 Å². The van der Waals surface area contributed by atoms with Crippen LogP contribution in [0, 0.1) is 6.92 Å². The van der Waals surface area contributed by atoms with Gasteiger partial charge in [0.05, 0.1) is 38.9 Å². The molecule has 7 heteroatoms. The van der Waals surface area contributed by atoms with Crippen molar-refractivity contribution in [1.82, 2.24) is 9.97 Å². The quantitative estimate of drug-likeness (QED) is 0.842. The van der Waals surface area contributed by atoms with Crippen LogP contribution in [0.15, 0.2) is 24.3 Å². The maximum absolute atomic E-state index is 12.5. The number of hydrogen-bond acceptors (Lipinski definition) is 5. The number of hydrogen-bond donors (Lipinski definition) is 0. The Bertz CT molecular complexity index is 821. The largest absolute Gasteiger partial charge is 0.376 e. The van der Waals surface area contributed by atoms with Crippen molar-refractivity contribution in [3.05, 3.63) is 40.5 Å². The third-order valence-corrected chi connectivity index (χ3v) is 4.67. The molecule has 1 aromatic carbocycles. The van der Waals surface area contributed by atoms with Crippen molar-refractivity contribution in [2.24, 2.45) is 0 Å². The summed E-state index contributed by atoms with van der Waals surface area (Å²) in [5.41, 5.74) is 2.53. The summed E-state index contributed by atoms with van der Waals surface area (Å²) in [6.45, 7) is 3.99. The van der Waals surface area contributed by atoms with E-state index in [4.69, 9.17) is 21.1 Å². The molecule has 0 bridgehead atoms. The number of carbonyl (C=O) groups is 1. The summed E-state index contributed by atoms with van der Waals surface area (Å²) in [6.07, 6.45) is 0.193. The summed E-state index contributed by atoms with van der Waals surface area (Å²) in [5.74, 6) is 1.26. The summed E-state index contributed by atoms with van der Waals surface area (Å²) in [5, 5.41) is 0.625. The van der Waals surface area contributed by atoms with Crippen LogP contribution in [0.25, 0.3) is 11.4 Å². The maximum Gasteiger partial charge on any atom is 0.232 e. The fourth-order valence-corrected chi connectivity index (χ4v) is 3.36. The molecule has 3 heterocycles. The molecular formula is C18H18ClN3O3. The Morgan fingerprint density at radius 2 is 2.20 bits per heavy atom. The third kappa shape index (κ3) is 3.25. The van der Waals surface area contributed by atoms with Gasteiger partial charge in [-0.3, -0.25) is 9.69 Å². The first-order chi connectivity index (χ1) is 12.1.